The van der Waals surface area contributed by atoms with Gasteiger partial charge in [-0.1, -0.05) is 0 Å². The summed E-state index contributed by atoms with van der Waals surface area (Å²) in [7, 11) is 0. The predicted octanol–water partition coefficient (Wildman–Crippen LogP) is 3.68. The molecular formula is C19H31Cl2N5O. The summed E-state index contributed by atoms with van der Waals surface area (Å²) in [6.45, 7) is 12.5. The molecule has 0 bridgehead atoms. The van der Waals surface area contributed by atoms with Crippen molar-refractivity contribution in [1.29, 1.82) is 0 Å². The van der Waals surface area contributed by atoms with Crippen molar-refractivity contribution < 1.29 is 4.79 Å². The average molecular weight is 416 g/mol. The zero-order valence-electron chi connectivity index (χ0n) is 16.9. The Balaban J connectivity index is 0.00000182. The van der Waals surface area contributed by atoms with Gasteiger partial charge in [-0.05, 0) is 60.5 Å². The van der Waals surface area contributed by atoms with Gasteiger partial charge in [0.1, 0.15) is 0 Å². The third-order valence-corrected chi connectivity index (χ3v) is 4.67. The maximum Gasteiger partial charge on any atom is 0.252 e. The lowest BCUT2D eigenvalue weighted by atomic mass is 10.0. The fourth-order valence-electron chi connectivity index (χ4n) is 2.97. The summed E-state index contributed by atoms with van der Waals surface area (Å²) in [4.78, 5) is 17.9. The maximum absolute atomic E-state index is 13.0. The molecule has 0 aromatic carbocycles. The van der Waals surface area contributed by atoms with Crippen LogP contribution in [0.4, 0.5) is 0 Å². The molecule has 3 N–H and O–H groups in total. The van der Waals surface area contributed by atoms with Gasteiger partial charge >= 0.3 is 0 Å². The molecule has 0 radical (unpaired) electrons. The van der Waals surface area contributed by atoms with Crippen molar-refractivity contribution in [3.63, 3.8) is 0 Å². The number of nitrogens with one attached hydrogen (secondary N) is 1. The molecule has 1 amide bonds. The molecule has 1 aliphatic rings. The molecule has 6 nitrogen and oxygen atoms in total. The Morgan fingerprint density at radius 2 is 1.85 bits per heavy atom. The van der Waals surface area contributed by atoms with Crippen LogP contribution in [0.25, 0.3) is 11.0 Å². The highest BCUT2D eigenvalue weighted by Gasteiger charge is 2.31. The lowest BCUT2D eigenvalue weighted by Crippen LogP contribution is -2.48. The molecule has 3 rings (SSSR count). The molecular weight excluding hydrogens is 385 g/mol. The Morgan fingerprint density at radius 3 is 2.33 bits per heavy atom. The normalized spacial score (nSPS) is 14.5. The Morgan fingerprint density at radius 1 is 1.26 bits per heavy atom. The van der Waals surface area contributed by atoms with E-state index in [-0.39, 0.29) is 36.3 Å². The second kappa shape index (κ2) is 7.94. The van der Waals surface area contributed by atoms with E-state index in [0.717, 1.165) is 35.3 Å². The van der Waals surface area contributed by atoms with Gasteiger partial charge in [-0.2, -0.15) is 5.10 Å². The smallest absolute Gasteiger partial charge is 0.252 e. The molecule has 2 aromatic rings. The third kappa shape index (κ3) is 4.73. The van der Waals surface area contributed by atoms with Crippen LogP contribution in [0.1, 0.15) is 75.1 Å². The van der Waals surface area contributed by atoms with Crippen LogP contribution in [0.5, 0.6) is 0 Å². The van der Waals surface area contributed by atoms with Crippen LogP contribution in [0.3, 0.4) is 0 Å². The summed E-state index contributed by atoms with van der Waals surface area (Å²) >= 11 is 0. The minimum absolute atomic E-state index is 0. The van der Waals surface area contributed by atoms with Crippen LogP contribution in [-0.2, 0) is 5.54 Å². The van der Waals surface area contributed by atoms with E-state index in [9.17, 15) is 4.79 Å². The molecule has 152 valence electrons. The van der Waals surface area contributed by atoms with E-state index >= 15 is 0 Å². The molecule has 0 aliphatic heterocycles. The molecule has 1 aliphatic carbocycles. The number of rotatable bonds is 4. The zero-order valence-corrected chi connectivity index (χ0v) is 18.6. The highest BCUT2D eigenvalue weighted by atomic mass is 35.5. The van der Waals surface area contributed by atoms with Gasteiger partial charge in [0.25, 0.3) is 5.91 Å². The van der Waals surface area contributed by atoms with E-state index in [0.29, 0.717) is 18.0 Å². The van der Waals surface area contributed by atoms with E-state index < -0.39 is 5.54 Å². The van der Waals surface area contributed by atoms with Crippen molar-refractivity contribution in [2.24, 2.45) is 5.73 Å². The molecule has 0 saturated heterocycles. The average Bonchev–Trinajstić information content (AvgIpc) is 3.29. The number of amides is 1. The summed E-state index contributed by atoms with van der Waals surface area (Å²) < 4.78 is 1.94. The third-order valence-electron chi connectivity index (χ3n) is 4.67. The van der Waals surface area contributed by atoms with Crippen molar-refractivity contribution in [1.82, 2.24) is 20.1 Å². The van der Waals surface area contributed by atoms with Gasteiger partial charge in [-0.25, -0.2) is 9.67 Å². The van der Waals surface area contributed by atoms with Crippen LogP contribution < -0.4 is 11.1 Å². The number of nitrogens with two attached hydrogens (primary N) is 1. The minimum atomic E-state index is -0.458. The number of carbonyl (C=O) groups excluding carboxylic acids is 1. The second-order valence-corrected chi connectivity index (χ2v) is 8.78. The van der Waals surface area contributed by atoms with Crippen LogP contribution in [-0.4, -0.2) is 32.8 Å². The van der Waals surface area contributed by atoms with Crippen LogP contribution >= 0.6 is 24.8 Å². The van der Waals surface area contributed by atoms with Gasteiger partial charge in [0.2, 0.25) is 0 Å². The van der Waals surface area contributed by atoms with Gasteiger partial charge in [0.05, 0.1) is 22.2 Å². The van der Waals surface area contributed by atoms with E-state index in [1.54, 1.807) is 0 Å². The number of carbonyl (C=O) groups is 1. The SMILES string of the molecule is Cc1nn(C(C)(C)C)c2nc(C3CC3)cc(C(=O)NC(C)(C)CN)c12.Cl.Cl. The van der Waals surface area contributed by atoms with E-state index in [4.69, 9.17) is 15.8 Å². The molecule has 0 unspecified atom stereocenters. The summed E-state index contributed by atoms with van der Waals surface area (Å²) in [6, 6.07) is 1.95. The minimum Gasteiger partial charge on any atom is -0.346 e. The van der Waals surface area contributed by atoms with Crippen molar-refractivity contribution in [2.45, 2.75) is 71.4 Å². The molecule has 0 atom stereocenters. The monoisotopic (exact) mass is 415 g/mol. The Kier molecular flexibility index (Phi) is 6.96. The number of hydrogen-bond acceptors (Lipinski definition) is 4. The molecule has 2 aromatic heterocycles. The molecule has 8 heteroatoms. The fourth-order valence-corrected chi connectivity index (χ4v) is 2.97. The van der Waals surface area contributed by atoms with Gasteiger partial charge in [0.15, 0.2) is 5.65 Å². The lowest BCUT2D eigenvalue weighted by Gasteiger charge is -2.24. The van der Waals surface area contributed by atoms with Crippen molar-refractivity contribution in [3.05, 3.63) is 23.0 Å². The van der Waals surface area contributed by atoms with Crippen molar-refractivity contribution >= 4 is 41.8 Å². The number of aryl methyl sites for hydroxylation is 1. The molecule has 0 spiro atoms. The summed E-state index contributed by atoms with van der Waals surface area (Å²) in [5, 5.41) is 8.58. The van der Waals surface area contributed by atoms with Gasteiger partial charge in [0, 0.05) is 23.7 Å². The first-order valence-corrected chi connectivity index (χ1v) is 8.97. The van der Waals surface area contributed by atoms with Crippen LogP contribution in [0.2, 0.25) is 0 Å². The Labute approximate surface area is 173 Å². The first-order valence-electron chi connectivity index (χ1n) is 8.97. The standard InChI is InChI=1S/C19H29N5O.2ClH/c1-11-15-13(17(25)22-19(5,6)10-20)9-14(12-7-8-12)21-16(15)24(23-11)18(2,3)4;;/h9,12H,7-8,10,20H2,1-6H3,(H,22,25);2*1H. The van der Waals surface area contributed by atoms with Gasteiger partial charge in [-0.15, -0.1) is 24.8 Å². The molecule has 1 fully saturated rings. The lowest BCUT2D eigenvalue weighted by molar-refractivity contribution is 0.0917. The second-order valence-electron chi connectivity index (χ2n) is 8.78. The van der Waals surface area contributed by atoms with Crippen LogP contribution in [0.15, 0.2) is 6.07 Å². The van der Waals surface area contributed by atoms with Gasteiger partial charge in [-0.3, -0.25) is 4.79 Å². The number of halogens is 2. The fraction of sp³-hybridized carbons (Fsp3) is 0.632. The van der Waals surface area contributed by atoms with E-state index in [1.807, 2.05) is 31.5 Å². The highest BCUT2D eigenvalue weighted by Crippen LogP contribution is 2.41. The largest absolute Gasteiger partial charge is 0.346 e. The van der Waals surface area contributed by atoms with Gasteiger partial charge < -0.3 is 11.1 Å². The first kappa shape index (κ1) is 23.7. The molecule has 27 heavy (non-hydrogen) atoms. The highest BCUT2D eigenvalue weighted by molar-refractivity contribution is 6.07. The molecule has 2 heterocycles. The topological polar surface area (TPSA) is 85.8 Å². The summed E-state index contributed by atoms with van der Waals surface area (Å²) in [5.74, 6) is 0.350. The number of nitrogens with zero attached hydrogens (tertiary/aromatic N) is 3. The number of fused-ring (bicyclic) bond motifs is 1. The zero-order chi connectivity index (χ0) is 18.6. The summed E-state index contributed by atoms with van der Waals surface area (Å²) in [5.41, 5.74) is 8.39. The Bertz CT molecular complexity index is 835. The van der Waals surface area contributed by atoms with Crippen molar-refractivity contribution in [3.8, 4) is 0 Å². The van der Waals surface area contributed by atoms with Crippen molar-refractivity contribution in [2.75, 3.05) is 6.54 Å². The Hall–Kier alpha value is -1.37. The maximum atomic E-state index is 13.0. The quantitative estimate of drug-likeness (QED) is 0.796. The van der Waals surface area contributed by atoms with Crippen LogP contribution in [0, 0.1) is 6.92 Å². The summed E-state index contributed by atoms with van der Waals surface area (Å²) in [6.07, 6.45) is 2.27. The van der Waals surface area contributed by atoms with E-state index in [1.165, 1.54) is 0 Å². The molecule has 1 saturated carbocycles. The van der Waals surface area contributed by atoms with E-state index in [2.05, 4.69) is 26.1 Å². The number of aromatic nitrogens is 3. The predicted molar refractivity (Wildman–Crippen MR) is 114 cm³/mol. The number of pyridine rings is 1. The first-order chi connectivity index (χ1) is 11.5. The number of hydrogen-bond donors (Lipinski definition) is 2.